The molecule has 1 unspecified atom stereocenters. The zero-order chi connectivity index (χ0) is 16.5. The van der Waals surface area contributed by atoms with Crippen molar-refractivity contribution in [1.82, 2.24) is 0 Å². The number of hydrogen-bond acceptors (Lipinski definition) is 2. The Bertz CT molecular complexity index is 623. The molecule has 122 valence electrons. The smallest absolute Gasteiger partial charge is 0.160 e. The molecule has 3 nitrogen and oxygen atoms in total. The van der Waals surface area contributed by atoms with Crippen molar-refractivity contribution in [3.05, 3.63) is 65.7 Å². The summed E-state index contributed by atoms with van der Waals surface area (Å²) in [7, 11) is 5.55. The van der Waals surface area contributed by atoms with Crippen molar-refractivity contribution in [2.45, 2.75) is 6.42 Å². The van der Waals surface area contributed by atoms with Crippen molar-refractivity contribution in [2.24, 2.45) is 0 Å². The molecule has 0 aliphatic carbocycles. The van der Waals surface area contributed by atoms with Gasteiger partial charge in [-0.1, -0.05) is 42.5 Å². The first kappa shape index (κ1) is 17.1. The zero-order valence-corrected chi connectivity index (χ0v) is 14.2. The van der Waals surface area contributed by atoms with E-state index in [-0.39, 0.29) is 0 Å². The van der Waals surface area contributed by atoms with Crippen LogP contribution in [-0.4, -0.2) is 34.4 Å². The van der Waals surface area contributed by atoms with Crippen LogP contribution in [0.25, 0.3) is 6.08 Å². The van der Waals surface area contributed by atoms with Gasteiger partial charge in [-0.3, -0.25) is 0 Å². The van der Waals surface area contributed by atoms with E-state index in [1.54, 1.807) is 14.2 Å². The molecule has 3 heteroatoms. The SMILES string of the molecule is COc1ccc(CC[NH+](C)C/C=C/c2ccccc2)cc1OC. The molecule has 0 aliphatic heterocycles. The van der Waals surface area contributed by atoms with Crippen molar-refractivity contribution in [3.8, 4) is 11.5 Å². The normalized spacial score (nSPS) is 12.3. The van der Waals surface area contributed by atoms with Crippen LogP contribution in [0.15, 0.2) is 54.6 Å². The molecule has 0 fully saturated rings. The molecule has 0 heterocycles. The molecule has 1 N–H and O–H groups in total. The highest BCUT2D eigenvalue weighted by atomic mass is 16.5. The summed E-state index contributed by atoms with van der Waals surface area (Å²) in [6.45, 7) is 2.09. The molecule has 23 heavy (non-hydrogen) atoms. The fourth-order valence-corrected chi connectivity index (χ4v) is 2.46. The monoisotopic (exact) mass is 312 g/mol. The third-order valence-corrected chi connectivity index (χ3v) is 3.86. The van der Waals surface area contributed by atoms with Gasteiger partial charge in [0.25, 0.3) is 0 Å². The molecule has 0 saturated carbocycles. The second kappa shape index (κ2) is 9.01. The maximum atomic E-state index is 5.35. The fraction of sp³-hybridized carbons (Fsp3) is 0.300. The van der Waals surface area contributed by atoms with Crippen LogP contribution >= 0.6 is 0 Å². The van der Waals surface area contributed by atoms with Gasteiger partial charge >= 0.3 is 0 Å². The van der Waals surface area contributed by atoms with Crippen LogP contribution in [-0.2, 0) is 6.42 Å². The zero-order valence-electron chi connectivity index (χ0n) is 14.2. The van der Waals surface area contributed by atoms with Gasteiger partial charge in [-0.15, -0.1) is 0 Å². The van der Waals surface area contributed by atoms with Crippen LogP contribution < -0.4 is 14.4 Å². The lowest BCUT2D eigenvalue weighted by atomic mass is 10.1. The van der Waals surface area contributed by atoms with Crippen LogP contribution in [0.2, 0.25) is 0 Å². The lowest BCUT2D eigenvalue weighted by Gasteiger charge is -2.13. The van der Waals surface area contributed by atoms with Crippen molar-refractivity contribution in [1.29, 1.82) is 0 Å². The quantitative estimate of drug-likeness (QED) is 0.809. The highest BCUT2D eigenvalue weighted by Crippen LogP contribution is 2.27. The molecular formula is C20H26NO2+. The largest absolute Gasteiger partial charge is 0.493 e. The molecule has 0 amide bonds. The molecule has 0 bridgehead atoms. The van der Waals surface area contributed by atoms with Crippen LogP contribution in [0.1, 0.15) is 11.1 Å². The predicted octanol–water partition coefficient (Wildman–Crippen LogP) is 2.47. The van der Waals surface area contributed by atoms with Crippen LogP contribution in [0.3, 0.4) is 0 Å². The average Bonchev–Trinajstić information content (AvgIpc) is 2.60. The number of benzene rings is 2. The van der Waals surface area contributed by atoms with Gasteiger partial charge in [-0.2, -0.15) is 0 Å². The summed E-state index contributed by atoms with van der Waals surface area (Å²) < 4.78 is 10.6. The summed E-state index contributed by atoms with van der Waals surface area (Å²) in [6, 6.07) is 16.5. The van der Waals surface area contributed by atoms with Gasteiger partial charge in [0.15, 0.2) is 11.5 Å². The van der Waals surface area contributed by atoms with Crippen molar-refractivity contribution in [2.75, 3.05) is 34.4 Å². The summed E-state index contributed by atoms with van der Waals surface area (Å²) >= 11 is 0. The third kappa shape index (κ3) is 5.46. The van der Waals surface area contributed by atoms with E-state index in [0.29, 0.717) is 0 Å². The number of likely N-dealkylation sites (N-methyl/N-ethyl adjacent to an activating group) is 1. The van der Waals surface area contributed by atoms with Crippen LogP contribution in [0.4, 0.5) is 0 Å². The number of methoxy groups -OCH3 is 2. The summed E-state index contributed by atoms with van der Waals surface area (Å²) in [5.41, 5.74) is 2.52. The minimum Gasteiger partial charge on any atom is -0.493 e. The first-order chi connectivity index (χ1) is 11.2. The molecule has 1 atom stereocenters. The summed E-state index contributed by atoms with van der Waals surface area (Å²) in [5.74, 6) is 1.58. The van der Waals surface area contributed by atoms with Crippen molar-refractivity contribution < 1.29 is 14.4 Å². The molecule has 2 rings (SSSR count). The number of ether oxygens (including phenoxy) is 2. The molecule has 0 aliphatic rings. The van der Waals surface area contributed by atoms with E-state index in [1.807, 2.05) is 12.1 Å². The van der Waals surface area contributed by atoms with E-state index in [4.69, 9.17) is 9.47 Å². The molecule has 2 aromatic carbocycles. The van der Waals surface area contributed by atoms with Gasteiger partial charge in [0, 0.05) is 6.42 Å². The molecule has 0 spiro atoms. The Kier molecular flexibility index (Phi) is 6.70. The number of rotatable bonds is 8. The Morgan fingerprint density at radius 1 is 0.957 bits per heavy atom. The highest BCUT2D eigenvalue weighted by molar-refractivity contribution is 5.48. The summed E-state index contributed by atoms with van der Waals surface area (Å²) in [6.07, 6.45) is 5.44. The first-order valence-electron chi connectivity index (χ1n) is 7.96. The minimum absolute atomic E-state index is 0.780. The lowest BCUT2D eigenvalue weighted by molar-refractivity contribution is -0.873. The topological polar surface area (TPSA) is 22.9 Å². The Morgan fingerprint density at radius 2 is 1.70 bits per heavy atom. The summed E-state index contributed by atoms with van der Waals surface area (Å²) in [4.78, 5) is 1.48. The molecule has 0 radical (unpaired) electrons. The average molecular weight is 312 g/mol. The molecular weight excluding hydrogens is 286 g/mol. The molecule has 2 aromatic rings. The van der Waals surface area contributed by atoms with Crippen molar-refractivity contribution in [3.63, 3.8) is 0 Å². The number of hydrogen-bond donors (Lipinski definition) is 1. The fourth-order valence-electron chi connectivity index (χ4n) is 2.46. The maximum absolute atomic E-state index is 5.35. The van der Waals surface area contributed by atoms with E-state index in [1.165, 1.54) is 16.0 Å². The number of quaternary nitrogens is 1. The predicted molar refractivity (Wildman–Crippen MR) is 95.3 cm³/mol. The second-order valence-corrected chi connectivity index (χ2v) is 5.66. The minimum atomic E-state index is 0.780. The number of nitrogens with one attached hydrogen (secondary N) is 1. The van der Waals surface area contributed by atoms with E-state index >= 15 is 0 Å². The Hall–Kier alpha value is -2.26. The van der Waals surface area contributed by atoms with Gasteiger partial charge in [0.1, 0.15) is 0 Å². The highest BCUT2D eigenvalue weighted by Gasteiger charge is 2.06. The van der Waals surface area contributed by atoms with Crippen LogP contribution in [0, 0.1) is 0 Å². The van der Waals surface area contributed by atoms with E-state index in [0.717, 1.165) is 31.0 Å². The van der Waals surface area contributed by atoms with Gasteiger partial charge in [-0.05, 0) is 29.3 Å². The molecule has 0 saturated heterocycles. The lowest BCUT2D eigenvalue weighted by Crippen LogP contribution is -3.09. The van der Waals surface area contributed by atoms with Gasteiger partial charge < -0.3 is 14.4 Å². The standard InChI is InChI=1S/C20H25NO2/c1-21(14-7-10-17-8-5-4-6-9-17)15-13-18-11-12-19(22-2)20(16-18)23-3/h4-12,16H,13-15H2,1-3H3/p+1/b10-7+. The van der Waals surface area contributed by atoms with Crippen LogP contribution in [0.5, 0.6) is 11.5 Å². The Balaban J connectivity index is 1.82. The Morgan fingerprint density at radius 3 is 2.39 bits per heavy atom. The van der Waals surface area contributed by atoms with E-state index in [2.05, 4.69) is 55.6 Å². The Labute approximate surface area is 139 Å². The van der Waals surface area contributed by atoms with Gasteiger partial charge in [0.05, 0.1) is 34.4 Å². The summed E-state index contributed by atoms with van der Waals surface area (Å²) in [5, 5.41) is 0. The second-order valence-electron chi connectivity index (χ2n) is 5.66. The third-order valence-electron chi connectivity index (χ3n) is 3.86. The van der Waals surface area contributed by atoms with Gasteiger partial charge in [0.2, 0.25) is 0 Å². The maximum Gasteiger partial charge on any atom is 0.160 e. The van der Waals surface area contributed by atoms with E-state index < -0.39 is 0 Å². The first-order valence-corrected chi connectivity index (χ1v) is 7.96. The van der Waals surface area contributed by atoms with Crippen molar-refractivity contribution >= 4 is 6.08 Å². The molecule has 0 aromatic heterocycles. The van der Waals surface area contributed by atoms with Gasteiger partial charge in [-0.25, -0.2) is 0 Å². The van der Waals surface area contributed by atoms with E-state index in [9.17, 15) is 0 Å².